The molecule has 0 aliphatic rings. The zero-order valence-electron chi connectivity index (χ0n) is 13.0. The zero-order chi connectivity index (χ0) is 15.1. The van der Waals surface area contributed by atoms with Crippen LogP contribution in [-0.4, -0.2) is 21.3 Å². The largest absolute Gasteiger partial charge is 0.454 e. The summed E-state index contributed by atoms with van der Waals surface area (Å²) in [6.45, 7) is 9.15. The molecule has 114 valence electrons. The molecule has 2 rings (SSSR count). The van der Waals surface area contributed by atoms with Crippen molar-refractivity contribution in [3.05, 3.63) is 36.4 Å². The lowest BCUT2D eigenvalue weighted by Crippen LogP contribution is -2.19. The van der Waals surface area contributed by atoms with Gasteiger partial charge in [0.25, 0.3) is 0 Å². The van der Waals surface area contributed by atoms with Crippen LogP contribution in [0.25, 0.3) is 0 Å². The molecule has 2 aromatic heterocycles. The fraction of sp³-hybridized carbons (Fsp3) is 0.500. The molecule has 0 saturated carbocycles. The van der Waals surface area contributed by atoms with Crippen molar-refractivity contribution in [2.24, 2.45) is 5.92 Å². The normalized spacial score (nSPS) is 11.0. The summed E-state index contributed by atoms with van der Waals surface area (Å²) < 4.78 is 7.71. The molecule has 0 saturated heterocycles. The Hall–Kier alpha value is -1.88. The Balaban J connectivity index is 1.93. The molecule has 1 N–H and O–H groups in total. The van der Waals surface area contributed by atoms with Crippen LogP contribution in [0.15, 0.2) is 30.7 Å². The van der Waals surface area contributed by atoms with E-state index in [1.807, 2.05) is 23.0 Å². The summed E-state index contributed by atoms with van der Waals surface area (Å²) in [6, 6.07) is 3.83. The second-order valence-electron chi connectivity index (χ2n) is 5.55. The summed E-state index contributed by atoms with van der Waals surface area (Å²) in [5.41, 5.74) is 0.981. The lowest BCUT2D eigenvalue weighted by atomic mass is 10.2. The zero-order valence-corrected chi connectivity index (χ0v) is 13.0. The van der Waals surface area contributed by atoms with Gasteiger partial charge in [-0.3, -0.25) is 9.67 Å². The lowest BCUT2D eigenvalue weighted by Gasteiger charge is -2.08. The van der Waals surface area contributed by atoms with Gasteiger partial charge < -0.3 is 10.1 Å². The molecule has 2 aromatic rings. The number of hydrogen-bond acceptors (Lipinski definition) is 4. The number of aromatic nitrogens is 3. The van der Waals surface area contributed by atoms with Crippen LogP contribution < -0.4 is 10.1 Å². The Morgan fingerprint density at radius 2 is 2.19 bits per heavy atom. The molecule has 5 nitrogen and oxygen atoms in total. The summed E-state index contributed by atoms with van der Waals surface area (Å²) in [7, 11) is 0. The van der Waals surface area contributed by atoms with Crippen LogP contribution in [0.4, 0.5) is 0 Å². The molecule has 0 aliphatic carbocycles. The fourth-order valence-electron chi connectivity index (χ4n) is 1.99. The SMILES string of the molecule is CCCn1cc(Oc2ccnc(CNCC(C)C)c2)cn1. The second-order valence-corrected chi connectivity index (χ2v) is 5.55. The smallest absolute Gasteiger partial charge is 0.165 e. The summed E-state index contributed by atoms with van der Waals surface area (Å²) in [4.78, 5) is 4.35. The second kappa shape index (κ2) is 7.78. The predicted molar refractivity (Wildman–Crippen MR) is 83.4 cm³/mol. The molecule has 0 atom stereocenters. The van der Waals surface area contributed by atoms with E-state index in [-0.39, 0.29) is 0 Å². The van der Waals surface area contributed by atoms with Gasteiger partial charge in [-0.05, 0) is 24.9 Å². The van der Waals surface area contributed by atoms with Crippen LogP contribution in [0.5, 0.6) is 11.5 Å². The minimum atomic E-state index is 0.633. The highest BCUT2D eigenvalue weighted by Gasteiger charge is 2.03. The highest BCUT2D eigenvalue weighted by molar-refractivity contribution is 5.28. The van der Waals surface area contributed by atoms with Gasteiger partial charge in [-0.2, -0.15) is 5.10 Å². The van der Waals surface area contributed by atoms with Gasteiger partial charge in [0.1, 0.15) is 5.75 Å². The third-order valence-electron chi connectivity index (χ3n) is 2.94. The first-order valence-electron chi connectivity index (χ1n) is 7.53. The first-order valence-corrected chi connectivity index (χ1v) is 7.53. The van der Waals surface area contributed by atoms with Crippen molar-refractivity contribution in [3.63, 3.8) is 0 Å². The van der Waals surface area contributed by atoms with Crippen molar-refractivity contribution in [3.8, 4) is 11.5 Å². The number of pyridine rings is 1. The molecule has 0 bridgehead atoms. The van der Waals surface area contributed by atoms with Gasteiger partial charge in [-0.25, -0.2) is 0 Å². The van der Waals surface area contributed by atoms with Gasteiger partial charge in [-0.1, -0.05) is 20.8 Å². The van der Waals surface area contributed by atoms with E-state index in [0.717, 1.165) is 43.2 Å². The summed E-state index contributed by atoms with van der Waals surface area (Å²) in [6.07, 6.45) is 6.49. The molecule has 0 fully saturated rings. The Labute approximate surface area is 126 Å². The van der Waals surface area contributed by atoms with E-state index in [2.05, 4.69) is 36.2 Å². The monoisotopic (exact) mass is 288 g/mol. The van der Waals surface area contributed by atoms with Crippen molar-refractivity contribution >= 4 is 0 Å². The van der Waals surface area contributed by atoms with Crippen molar-refractivity contribution in [1.29, 1.82) is 0 Å². The number of aryl methyl sites for hydroxylation is 1. The van der Waals surface area contributed by atoms with Crippen molar-refractivity contribution in [2.45, 2.75) is 40.3 Å². The highest BCUT2D eigenvalue weighted by Crippen LogP contribution is 2.20. The molecular formula is C16H24N4O. The molecule has 0 aromatic carbocycles. The number of hydrogen-bond donors (Lipinski definition) is 1. The van der Waals surface area contributed by atoms with Gasteiger partial charge >= 0.3 is 0 Å². The topological polar surface area (TPSA) is 52.0 Å². The fourth-order valence-corrected chi connectivity index (χ4v) is 1.99. The van der Waals surface area contributed by atoms with Crippen LogP contribution in [-0.2, 0) is 13.1 Å². The van der Waals surface area contributed by atoms with Crippen LogP contribution >= 0.6 is 0 Å². The Morgan fingerprint density at radius 3 is 2.95 bits per heavy atom. The number of nitrogens with one attached hydrogen (secondary N) is 1. The standard InChI is InChI=1S/C16H24N4O/c1-4-7-20-12-16(11-19-20)21-15-5-6-18-14(8-15)10-17-9-13(2)3/h5-6,8,11-13,17H,4,7,9-10H2,1-3H3. The Bertz CT molecular complexity index is 551. The minimum Gasteiger partial charge on any atom is -0.454 e. The summed E-state index contributed by atoms with van der Waals surface area (Å²) in [5, 5.41) is 7.64. The van der Waals surface area contributed by atoms with Crippen molar-refractivity contribution in [2.75, 3.05) is 6.54 Å². The van der Waals surface area contributed by atoms with Gasteiger partial charge in [0.2, 0.25) is 0 Å². The highest BCUT2D eigenvalue weighted by atomic mass is 16.5. The molecule has 0 spiro atoms. The van der Waals surface area contributed by atoms with Gasteiger partial charge in [-0.15, -0.1) is 0 Å². The lowest BCUT2D eigenvalue weighted by molar-refractivity contribution is 0.477. The van der Waals surface area contributed by atoms with E-state index in [4.69, 9.17) is 4.74 Å². The van der Waals surface area contributed by atoms with Gasteiger partial charge in [0.05, 0.1) is 18.1 Å². The van der Waals surface area contributed by atoms with E-state index in [1.54, 1.807) is 12.4 Å². The molecule has 5 heteroatoms. The van der Waals surface area contributed by atoms with Gasteiger partial charge in [0, 0.05) is 25.4 Å². The van der Waals surface area contributed by atoms with E-state index < -0.39 is 0 Å². The van der Waals surface area contributed by atoms with E-state index in [1.165, 1.54) is 0 Å². The minimum absolute atomic E-state index is 0.633. The van der Waals surface area contributed by atoms with Gasteiger partial charge in [0.15, 0.2) is 5.75 Å². The predicted octanol–water partition coefficient (Wildman–Crippen LogP) is 3.23. The summed E-state index contributed by atoms with van der Waals surface area (Å²) in [5.74, 6) is 2.19. The molecule has 2 heterocycles. The van der Waals surface area contributed by atoms with Crippen molar-refractivity contribution in [1.82, 2.24) is 20.1 Å². The molecule has 0 aliphatic heterocycles. The maximum absolute atomic E-state index is 5.82. The Kier molecular flexibility index (Phi) is 5.75. The third-order valence-corrected chi connectivity index (χ3v) is 2.94. The molecule has 21 heavy (non-hydrogen) atoms. The van der Waals surface area contributed by atoms with Crippen molar-refractivity contribution < 1.29 is 4.74 Å². The maximum atomic E-state index is 5.82. The van der Waals surface area contributed by atoms with Crippen LogP contribution in [0, 0.1) is 5.92 Å². The van der Waals surface area contributed by atoms with E-state index in [9.17, 15) is 0 Å². The van der Waals surface area contributed by atoms with Crippen LogP contribution in [0.3, 0.4) is 0 Å². The van der Waals surface area contributed by atoms with E-state index >= 15 is 0 Å². The average Bonchev–Trinajstić information content (AvgIpc) is 2.86. The first kappa shape index (κ1) is 15.5. The average molecular weight is 288 g/mol. The molecule has 0 unspecified atom stereocenters. The number of ether oxygens (including phenoxy) is 1. The summed E-state index contributed by atoms with van der Waals surface area (Å²) >= 11 is 0. The Morgan fingerprint density at radius 1 is 1.33 bits per heavy atom. The van der Waals surface area contributed by atoms with E-state index in [0.29, 0.717) is 5.92 Å². The third kappa shape index (κ3) is 5.19. The quantitative estimate of drug-likeness (QED) is 0.810. The number of nitrogens with zero attached hydrogens (tertiary/aromatic N) is 3. The molecule has 0 amide bonds. The number of rotatable bonds is 8. The maximum Gasteiger partial charge on any atom is 0.165 e. The first-order chi connectivity index (χ1) is 10.2. The molecular weight excluding hydrogens is 264 g/mol. The van der Waals surface area contributed by atoms with Crippen LogP contribution in [0.2, 0.25) is 0 Å². The molecule has 0 radical (unpaired) electrons. The van der Waals surface area contributed by atoms with Crippen LogP contribution in [0.1, 0.15) is 32.9 Å².